The van der Waals surface area contributed by atoms with E-state index in [2.05, 4.69) is 20.5 Å². The van der Waals surface area contributed by atoms with E-state index < -0.39 is 5.91 Å². The van der Waals surface area contributed by atoms with Gasteiger partial charge in [0.15, 0.2) is 0 Å². The summed E-state index contributed by atoms with van der Waals surface area (Å²) < 4.78 is 5.53. The van der Waals surface area contributed by atoms with Crippen molar-refractivity contribution in [2.75, 3.05) is 16.8 Å². The summed E-state index contributed by atoms with van der Waals surface area (Å²) in [5.74, 6) is -0.323. The van der Waals surface area contributed by atoms with Crippen molar-refractivity contribution in [2.45, 2.75) is 12.3 Å². The lowest BCUT2D eigenvalue weighted by molar-refractivity contribution is -0.117. The summed E-state index contributed by atoms with van der Waals surface area (Å²) in [6.45, 7) is 0.457. The quantitative estimate of drug-likeness (QED) is 0.775. The molecule has 0 bridgehead atoms. The lowest BCUT2D eigenvalue weighted by Crippen LogP contribution is -2.24. The van der Waals surface area contributed by atoms with Gasteiger partial charge in [-0.3, -0.25) is 19.9 Å². The summed E-state index contributed by atoms with van der Waals surface area (Å²) >= 11 is 0. The average Bonchev–Trinajstić information content (AvgIpc) is 3.30. The first-order valence-corrected chi connectivity index (χ1v) is 8.12. The molecule has 1 N–H and O–H groups in total. The Morgan fingerprint density at radius 1 is 1.12 bits per heavy atom. The molecule has 3 aromatic rings. The summed E-state index contributed by atoms with van der Waals surface area (Å²) in [5.41, 5.74) is 1.08. The van der Waals surface area contributed by atoms with E-state index in [1.54, 1.807) is 23.1 Å². The summed E-state index contributed by atoms with van der Waals surface area (Å²) in [6.07, 6.45) is 1.81. The van der Waals surface area contributed by atoms with Crippen molar-refractivity contribution in [3.8, 4) is 0 Å². The first kappa shape index (κ1) is 15.9. The van der Waals surface area contributed by atoms with Crippen LogP contribution in [0.3, 0.4) is 0 Å². The Bertz CT molecular complexity index is 926. The van der Waals surface area contributed by atoms with Gasteiger partial charge >= 0.3 is 6.01 Å². The maximum Gasteiger partial charge on any atom is 0.322 e. The van der Waals surface area contributed by atoms with Crippen molar-refractivity contribution in [1.29, 1.82) is 0 Å². The molecule has 0 saturated carbocycles. The van der Waals surface area contributed by atoms with Gasteiger partial charge in [0.05, 0.1) is 5.92 Å². The van der Waals surface area contributed by atoms with Gasteiger partial charge in [-0.2, -0.15) is 0 Å². The Morgan fingerprint density at radius 2 is 1.92 bits per heavy atom. The van der Waals surface area contributed by atoms with Crippen LogP contribution < -0.4 is 10.2 Å². The number of benzene rings is 1. The molecule has 1 atom stereocenters. The number of nitrogens with zero attached hydrogens (tertiary/aromatic N) is 4. The maximum atomic E-state index is 12.3. The molecule has 2 aromatic heterocycles. The smallest absolute Gasteiger partial charge is 0.322 e. The van der Waals surface area contributed by atoms with Crippen molar-refractivity contribution < 1.29 is 14.0 Å². The average molecular weight is 349 g/mol. The zero-order chi connectivity index (χ0) is 17.9. The number of nitrogens with one attached hydrogen (secondary N) is 1. The second kappa shape index (κ2) is 6.75. The molecule has 8 nitrogen and oxygen atoms in total. The molecule has 2 amide bonds. The van der Waals surface area contributed by atoms with E-state index in [1.165, 1.54) is 6.20 Å². The summed E-state index contributed by atoms with van der Waals surface area (Å²) in [4.78, 5) is 30.0. The Hall–Kier alpha value is -3.55. The van der Waals surface area contributed by atoms with Gasteiger partial charge < -0.3 is 9.32 Å². The first-order chi connectivity index (χ1) is 12.7. The molecule has 3 heterocycles. The predicted molar refractivity (Wildman–Crippen MR) is 92.6 cm³/mol. The number of hydrogen-bond acceptors (Lipinski definition) is 6. The minimum atomic E-state index is -0.436. The number of anilines is 2. The number of amides is 2. The van der Waals surface area contributed by atoms with E-state index in [0.29, 0.717) is 12.4 Å². The van der Waals surface area contributed by atoms with E-state index in [1.807, 2.05) is 30.3 Å². The van der Waals surface area contributed by atoms with Gasteiger partial charge in [-0.1, -0.05) is 29.4 Å². The number of hydrogen-bond donors (Lipinski definition) is 1. The number of rotatable bonds is 4. The molecular formula is C18H15N5O3. The molecule has 0 aliphatic carbocycles. The van der Waals surface area contributed by atoms with Crippen molar-refractivity contribution >= 4 is 23.5 Å². The molecule has 1 aliphatic rings. The number of para-hydroxylation sites is 1. The third-order valence-electron chi connectivity index (χ3n) is 4.10. The van der Waals surface area contributed by atoms with Crippen molar-refractivity contribution in [1.82, 2.24) is 15.2 Å². The molecule has 4 rings (SSSR count). The largest absolute Gasteiger partial charge is 0.407 e. The van der Waals surface area contributed by atoms with Crippen LogP contribution in [-0.4, -0.2) is 33.5 Å². The normalized spacial score (nSPS) is 16.7. The Balaban J connectivity index is 1.45. The minimum Gasteiger partial charge on any atom is -0.407 e. The SMILES string of the molecule is O=C(Nc1nnc([C@H]2CC(=O)N(c3ccccc3)C2)o1)c1ccccn1. The van der Waals surface area contributed by atoms with Crippen LogP contribution in [0.1, 0.15) is 28.7 Å². The van der Waals surface area contributed by atoms with Gasteiger partial charge in [0, 0.05) is 24.8 Å². The molecule has 0 spiro atoms. The molecule has 0 unspecified atom stereocenters. The number of pyridine rings is 1. The van der Waals surface area contributed by atoms with Crippen LogP contribution >= 0.6 is 0 Å². The standard InChI is InChI=1S/C18H15N5O3/c24-15-10-12(11-23(15)13-6-2-1-3-7-13)17-21-22-18(26-17)20-16(25)14-8-4-5-9-19-14/h1-9,12H,10-11H2,(H,20,22,25)/t12-/m0/s1. The monoisotopic (exact) mass is 349 g/mol. The van der Waals surface area contributed by atoms with Crippen molar-refractivity contribution in [3.63, 3.8) is 0 Å². The minimum absolute atomic E-state index is 0.00142. The third-order valence-corrected chi connectivity index (χ3v) is 4.10. The molecule has 0 radical (unpaired) electrons. The number of carbonyl (C=O) groups is 2. The van der Waals surface area contributed by atoms with Crippen molar-refractivity contribution in [3.05, 3.63) is 66.3 Å². The fourth-order valence-corrected chi connectivity index (χ4v) is 2.84. The van der Waals surface area contributed by atoms with Gasteiger partial charge in [0.25, 0.3) is 5.91 Å². The predicted octanol–water partition coefficient (Wildman–Crippen LogP) is 2.24. The van der Waals surface area contributed by atoms with E-state index in [4.69, 9.17) is 4.42 Å². The maximum absolute atomic E-state index is 12.3. The zero-order valence-electron chi connectivity index (χ0n) is 13.7. The van der Waals surface area contributed by atoms with Crippen LogP contribution in [0.15, 0.2) is 59.1 Å². The molecule has 130 valence electrons. The second-order valence-electron chi connectivity index (χ2n) is 5.86. The van der Waals surface area contributed by atoms with Gasteiger partial charge in [-0.05, 0) is 24.3 Å². The number of carbonyl (C=O) groups excluding carboxylic acids is 2. The van der Waals surface area contributed by atoms with Crippen LogP contribution in [-0.2, 0) is 4.79 Å². The molecule has 1 aliphatic heterocycles. The Morgan fingerprint density at radius 3 is 2.69 bits per heavy atom. The highest BCUT2D eigenvalue weighted by Crippen LogP contribution is 2.31. The highest BCUT2D eigenvalue weighted by atomic mass is 16.4. The second-order valence-corrected chi connectivity index (χ2v) is 5.86. The summed E-state index contributed by atoms with van der Waals surface area (Å²) in [5, 5.41) is 10.3. The zero-order valence-corrected chi connectivity index (χ0v) is 13.7. The Kier molecular flexibility index (Phi) is 4.14. The van der Waals surface area contributed by atoms with E-state index in [-0.39, 0.29) is 30.0 Å². The van der Waals surface area contributed by atoms with Gasteiger partial charge in [0.1, 0.15) is 5.69 Å². The lowest BCUT2D eigenvalue weighted by Gasteiger charge is -2.15. The molecule has 26 heavy (non-hydrogen) atoms. The van der Waals surface area contributed by atoms with E-state index in [0.717, 1.165) is 5.69 Å². The molecule has 8 heteroatoms. The summed E-state index contributed by atoms with van der Waals surface area (Å²) in [6, 6.07) is 14.4. The summed E-state index contributed by atoms with van der Waals surface area (Å²) in [7, 11) is 0. The van der Waals surface area contributed by atoms with Crippen LogP contribution in [0, 0.1) is 0 Å². The van der Waals surface area contributed by atoms with Crippen molar-refractivity contribution in [2.24, 2.45) is 0 Å². The van der Waals surface area contributed by atoms with Crippen LogP contribution in [0.25, 0.3) is 0 Å². The van der Waals surface area contributed by atoms with Gasteiger partial charge in [0.2, 0.25) is 11.8 Å². The Labute approximate surface area is 148 Å². The van der Waals surface area contributed by atoms with Crippen LogP contribution in [0.5, 0.6) is 0 Å². The van der Waals surface area contributed by atoms with E-state index in [9.17, 15) is 9.59 Å². The fourth-order valence-electron chi connectivity index (χ4n) is 2.84. The third kappa shape index (κ3) is 3.16. The molecular weight excluding hydrogens is 334 g/mol. The van der Waals surface area contributed by atoms with Gasteiger partial charge in [-0.25, -0.2) is 0 Å². The number of aromatic nitrogens is 3. The topological polar surface area (TPSA) is 101 Å². The highest BCUT2D eigenvalue weighted by Gasteiger charge is 2.35. The molecule has 1 fully saturated rings. The van der Waals surface area contributed by atoms with Gasteiger partial charge in [-0.15, -0.1) is 5.10 Å². The highest BCUT2D eigenvalue weighted by molar-refractivity contribution is 6.01. The molecule has 1 aromatic carbocycles. The lowest BCUT2D eigenvalue weighted by atomic mass is 10.1. The van der Waals surface area contributed by atoms with Crippen LogP contribution in [0.4, 0.5) is 11.7 Å². The van der Waals surface area contributed by atoms with E-state index >= 15 is 0 Å². The molecule has 1 saturated heterocycles. The first-order valence-electron chi connectivity index (χ1n) is 8.12. The fraction of sp³-hybridized carbons (Fsp3) is 0.167. The van der Waals surface area contributed by atoms with Crippen LogP contribution in [0.2, 0.25) is 0 Å².